The smallest absolute Gasteiger partial charge is 0.416 e. The van der Waals surface area contributed by atoms with Crippen molar-refractivity contribution >= 4 is 27.3 Å². The van der Waals surface area contributed by atoms with Gasteiger partial charge in [0.2, 0.25) is 0 Å². The second kappa shape index (κ2) is 10.2. The monoisotopic (exact) mass is 545 g/mol. The predicted molar refractivity (Wildman–Crippen MR) is 124 cm³/mol. The van der Waals surface area contributed by atoms with Crippen LogP contribution >= 0.6 is 11.6 Å². The summed E-state index contributed by atoms with van der Waals surface area (Å²) in [6.45, 7) is -0.701. The van der Waals surface area contributed by atoms with Gasteiger partial charge in [0.15, 0.2) is 11.6 Å². The van der Waals surface area contributed by atoms with Crippen LogP contribution in [0.5, 0.6) is 11.5 Å². The Bertz CT molecular complexity index is 1350. The summed E-state index contributed by atoms with van der Waals surface area (Å²) in [6, 6.07) is 12.0. The summed E-state index contributed by atoms with van der Waals surface area (Å²) in [4.78, 5) is -0.548. The number of hydrogen-bond acceptors (Lipinski definition) is 5. The van der Waals surface area contributed by atoms with E-state index in [0.717, 1.165) is 22.5 Å². The van der Waals surface area contributed by atoms with Crippen LogP contribution in [0.4, 0.5) is 23.2 Å². The maximum atomic E-state index is 14.0. The summed E-state index contributed by atoms with van der Waals surface area (Å²) in [5.74, 6) is -0.697. The largest absolute Gasteiger partial charge is 0.486 e. The van der Waals surface area contributed by atoms with Crippen LogP contribution in [0.15, 0.2) is 65.6 Å². The van der Waals surface area contributed by atoms with Gasteiger partial charge in [0.1, 0.15) is 18.5 Å². The Kier molecular flexibility index (Phi) is 7.35. The maximum Gasteiger partial charge on any atom is 0.416 e. The standard InChI is InChI=1S/C24H20ClF4NO5S/c25-19-5-2-6-20(26)23(19)34-14-15-7-8-22-21(11-15)30(13-17(35-22)9-10-31)36(32,33)18-4-1-3-16(12-18)24(27,28)29/h1-8,11-12,17,31H,9-10,13-14H2/t17-/m0/s1. The minimum Gasteiger partial charge on any atom is -0.486 e. The minimum atomic E-state index is -4.73. The fourth-order valence-corrected chi connectivity index (χ4v) is 5.47. The fraction of sp³-hybridized carbons (Fsp3) is 0.250. The van der Waals surface area contributed by atoms with Crippen LogP contribution in [0, 0.1) is 5.82 Å². The van der Waals surface area contributed by atoms with Crippen molar-refractivity contribution in [2.24, 2.45) is 0 Å². The van der Waals surface area contributed by atoms with Crippen molar-refractivity contribution in [2.45, 2.75) is 30.2 Å². The second-order valence-electron chi connectivity index (χ2n) is 7.96. The Morgan fingerprint density at radius 2 is 1.86 bits per heavy atom. The van der Waals surface area contributed by atoms with Crippen molar-refractivity contribution in [3.63, 3.8) is 0 Å². The molecule has 0 saturated heterocycles. The van der Waals surface area contributed by atoms with Crippen molar-refractivity contribution in [1.29, 1.82) is 0 Å². The Morgan fingerprint density at radius 1 is 1.11 bits per heavy atom. The number of sulfonamides is 1. The average Bonchev–Trinajstić information content (AvgIpc) is 2.83. The molecule has 1 aliphatic heterocycles. The number of para-hydroxylation sites is 1. The molecule has 1 heterocycles. The number of aliphatic hydroxyl groups excluding tert-OH is 1. The third-order valence-electron chi connectivity index (χ3n) is 5.46. The molecule has 3 aromatic carbocycles. The molecule has 0 saturated carbocycles. The van der Waals surface area contributed by atoms with Gasteiger partial charge < -0.3 is 14.6 Å². The first-order valence-corrected chi connectivity index (χ1v) is 12.5. The number of aliphatic hydroxyl groups is 1. The molecule has 36 heavy (non-hydrogen) atoms. The van der Waals surface area contributed by atoms with E-state index in [1.165, 1.54) is 30.3 Å². The number of nitrogens with zero attached hydrogens (tertiary/aromatic N) is 1. The van der Waals surface area contributed by atoms with Crippen LogP contribution in [0.25, 0.3) is 0 Å². The summed E-state index contributed by atoms with van der Waals surface area (Å²) in [5.41, 5.74) is -0.600. The first kappa shape index (κ1) is 26.1. The number of benzene rings is 3. The molecule has 0 amide bonds. The number of hydrogen-bond donors (Lipinski definition) is 1. The van der Waals surface area contributed by atoms with Gasteiger partial charge in [-0.05, 0) is 48.0 Å². The van der Waals surface area contributed by atoms with Gasteiger partial charge in [-0.1, -0.05) is 29.8 Å². The van der Waals surface area contributed by atoms with E-state index >= 15 is 0 Å². The Balaban J connectivity index is 1.71. The Morgan fingerprint density at radius 3 is 2.56 bits per heavy atom. The highest BCUT2D eigenvalue weighted by molar-refractivity contribution is 7.92. The molecular formula is C24H20ClF4NO5S. The molecule has 0 fully saturated rings. The lowest BCUT2D eigenvalue weighted by Gasteiger charge is -2.35. The molecule has 1 N–H and O–H groups in total. The molecule has 0 aromatic heterocycles. The third-order valence-corrected chi connectivity index (χ3v) is 7.53. The predicted octanol–water partition coefficient (Wildman–Crippen LogP) is 5.42. The van der Waals surface area contributed by atoms with Gasteiger partial charge >= 0.3 is 6.18 Å². The van der Waals surface area contributed by atoms with Gasteiger partial charge in [-0.3, -0.25) is 4.31 Å². The quantitative estimate of drug-likeness (QED) is 0.402. The molecule has 0 radical (unpaired) electrons. The summed E-state index contributed by atoms with van der Waals surface area (Å²) in [7, 11) is -4.46. The van der Waals surface area contributed by atoms with Crippen LogP contribution in [-0.2, 0) is 22.8 Å². The lowest BCUT2D eigenvalue weighted by molar-refractivity contribution is -0.137. The molecule has 4 rings (SSSR count). The zero-order valence-corrected chi connectivity index (χ0v) is 20.1. The van der Waals surface area contributed by atoms with E-state index < -0.39 is 38.6 Å². The van der Waals surface area contributed by atoms with E-state index in [0.29, 0.717) is 11.6 Å². The highest BCUT2D eigenvalue weighted by atomic mass is 35.5. The summed E-state index contributed by atoms with van der Waals surface area (Å²) < 4.78 is 93.0. The van der Waals surface area contributed by atoms with E-state index in [2.05, 4.69) is 0 Å². The topological polar surface area (TPSA) is 76.1 Å². The van der Waals surface area contributed by atoms with E-state index in [9.17, 15) is 31.1 Å². The number of halogens is 5. The molecule has 0 unspecified atom stereocenters. The lowest BCUT2D eigenvalue weighted by atomic mass is 10.1. The van der Waals surface area contributed by atoms with Crippen LogP contribution < -0.4 is 13.8 Å². The molecule has 192 valence electrons. The number of anilines is 1. The first-order valence-electron chi connectivity index (χ1n) is 10.7. The summed E-state index contributed by atoms with van der Waals surface area (Å²) in [5, 5.41) is 9.39. The van der Waals surface area contributed by atoms with Crippen LogP contribution in [0.3, 0.4) is 0 Å². The van der Waals surface area contributed by atoms with Gasteiger partial charge in [0.05, 0.1) is 27.7 Å². The SMILES string of the molecule is O=S(=O)(c1cccc(C(F)(F)F)c1)N1C[C@H](CCO)Oc2ccc(COc3c(F)cccc3Cl)cc21. The Hall–Kier alpha value is -3.02. The number of alkyl halides is 3. The molecule has 0 aliphatic carbocycles. The molecule has 12 heteroatoms. The number of rotatable bonds is 7. The molecule has 1 atom stereocenters. The summed E-state index contributed by atoms with van der Waals surface area (Å²) in [6.07, 6.45) is -5.36. The van der Waals surface area contributed by atoms with Gasteiger partial charge in [-0.2, -0.15) is 13.2 Å². The molecule has 1 aliphatic rings. The van der Waals surface area contributed by atoms with Crippen LogP contribution in [0.1, 0.15) is 17.5 Å². The number of fused-ring (bicyclic) bond motifs is 1. The van der Waals surface area contributed by atoms with Gasteiger partial charge in [0, 0.05) is 13.0 Å². The minimum absolute atomic E-state index is 0.0527. The molecular weight excluding hydrogens is 526 g/mol. The maximum absolute atomic E-state index is 14.0. The van der Waals surface area contributed by atoms with Crippen molar-refractivity contribution < 1.29 is 40.6 Å². The lowest BCUT2D eigenvalue weighted by Crippen LogP contribution is -2.44. The van der Waals surface area contributed by atoms with E-state index in [-0.39, 0.29) is 48.4 Å². The van der Waals surface area contributed by atoms with Gasteiger partial charge in [-0.25, -0.2) is 12.8 Å². The van der Waals surface area contributed by atoms with Crippen molar-refractivity contribution in [1.82, 2.24) is 0 Å². The molecule has 0 spiro atoms. The van der Waals surface area contributed by atoms with Gasteiger partial charge in [-0.15, -0.1) is 0 Å². The Labute approximate surface area is 209 Å². The second-order valence-corrected chi connectivity index (χ2v) is 10.2. The first-order chi connectivity index (χ1) is 17.0. The normalized spacial score (nSPS) is 15.8. The molecule has 6 nitrogen and oxygen atoms in total. The van der Waals surface area contributed by atoms with E-state index in [1.54, 1.807) is 6.07 Å². The fourth-order valence-electron chi connectivity index (χ4n) is 3.71. The van der Waals surface area contributed by atoms with E-state index in [4.69, 9.17) is 21.1 Å². The van der Waals surface area contributed by atoms with E-state index in [1.807, 2.05) is 0 Å². The zero-order valence-electron chi connectivity index (χ0n) is 18.5. The molecule has 0 bridgehead atoms. The van der Waals surface area contributed by atoms with Crippen molar-refractivity contribution in [3.8, 4) is 11.5 Å². The third kappa shape index (κ3) is 5.37. The van der Waals surface area contributed by atoms with Crippen molar-refractivity contribution in [3.05, 3.63) is 82.6 Å². The van der Waals surface area contributed by atoms with Gasteiger partial charge in [0.25, 0.3) is 10.0 Å². The highest BCUT2D eigenvalue weighted by Gasteiger charge is 2.37. The van der Waals surface area contributed by atoms with Crippen LogP contribution in [-0.4, -0.2) is 32.8 Å². The number of ether oxygens (including phenoxy) is 2. The van der Waals surface area contributed by atoms with Crippen molar-refractivity contribution in [2.75, 3.05) is 17.5 Å². The summed E-state index contributed by atoms with van der Waals surface area (Å²) >= 11 is 5.98. The van der Waals surface area contributed by atoms with Crippen LogP contribution in [0.2, 0.25) is 5.02 Å². The zero-order chi connectivity index (χ0) is 26.1. The highest BCUT2D eigenvalue weighted by Crippen LogP contribution is 2.40. The molecule has 3 aromatic rings. The average molecular weight is 546 g/mol.